The first-order valence-corrected chi connectivity index (χ1v) is 9.77. The van der Waals surface area contributed by atoms with E-state index in [1.807, 2.05) is 0 Å². The van der Waals surface area contributed by atoms with Crippen LogP contribution in [0.2, 0.25) is 0 Å². The molecule has 2 N–H and O–H groups in total. The average molecular weight is 454 g/mol. The molecular formula is C22H22F4N2O4. The molecule has 32 heavy (non-hydrogen) atoms. The van der Waals surface area contributed by atoms with Gasteiger partial charge in [0.05, 0.1) is 22.2 Å². The van der Waals surface area contributed by atoms with Gasteiger partial charge in [0.2, 0.25) is 0 Å². The maximum atomic E-state index is 13.6. The first-order valence-electron chi connectivity index (χ1n) is 9.77. The number of alkyl carbamates (subject to hydrolysis) is 1. The predicted molar refractivity (Wildman–Crippen MR) is 106 cm³/mol. The van der Waals surface area contributed by atoms with E-state index in [1.54, 1.807) is 44.2 Å². The number of amides is 1. The lowest BCUT2D eigenvalue weighted by atomic mass is 10.0. The van der Waals surface area contributed by atoms with E-state index < -0.39 is 40.7 Å². The summed E-state index contributed by atoms with van der Waals surface area (Å²) in [6.07, 6.45) is -4.92. The van der Waals surface area contributed by atoms with Crippen molar-refractivity contribution in [3.05, 3.63) is 71.0 Å². The Labute approximate surface area is 181 Å². The number of halogens is 4. The maximum Gasteiger partial charge on any atom is 0.419 e. The summed E-state index contributed by atoms with van der Waals surface area (Å²) >= 11 is 0. The van der Waals surface area contributed by atoms with E-state index in [2.05, 4.69) is 10.8 Å². The van der Waals surface area contributed by atoms with Crippen molar-refractivity contribution in [1.82, 2.24) is 10.8 Å². The minimum atomic E-state index is -4.84. The third-order valence-electron chi connectivity index (χ3n) is 4.91. The van der Waals surface area contributed by atoms with Crippen LogP contribution in [0.5, 0.6) is 0 Å². The van der Waals surface area contributed by atoms with Crippen LogP contribution in [0.3, 0.4) is 0 Å². The highest BCUT2D eigenvalue weighted by Crippen LogP contribution is 2.47. The van der Waals surface area contributed by atoms with Crippen molar-refractivity contribution in [3.8, 4) is 0 Å². The molecule has 6 nitrogen and oxygen atoms in total. The van der Waals surface area contributed by atoms with Crippen molar-refractivity contribution >= 4 is 12.1 Å². The van der Waals surface area contributed by atoms with E-state index >= 15 is 0 Å². The van der Waals surface area contributed by atoms with Gasteiger partial charge in [-0.1, -0.05) is 24.3 Å². The third-order valence-corrected chi connectivity index (χ3v) is 4.91. The quantitative estimate of drug-likeness (QED) is 0.469. The lowest BCUT2D eigenvalue weighted by Gasteiger charge is -2.26. The second kappa shape index (κ2) is 8.78. The van der Waals surface area contributed by atoms with Crippen LogP contribution < -0.4 is 10.8 Å². The third kappa shape index (κ3) is 5.76. The van der Waals surface area contributed by atoms with Crippen molar-refractivity contribution < 1.29 is 36.7 Å². The fourth-order valence-electron chi connectivity index (χ4n) is 2.98. The van der Waals surface area contributed by atoms with E-state index in [0.717, 1.165) is 6.07 Å². The Kier molecular flexibility index (Phi) is 6.45. The fraction of sp³-hybridized carbons (Fsp3) is 0.364. The monoisotopic (exact) mass is 454 g/mol. The number of benzene rings is 2. The lowest BCUT2D eigenvalue weighted by molar-refractivity contribution is -0.140. The summed E-state index contributed by atoms with van der Waals surface area (Å²) in [5.41, 5.74) is -0.355. The Balaban J connectivity index is 1.55. The van der Waals surface area contributed by atoms with Crippen LogP contribution in [0.25, 0.3) is 0 Å². The van der Waals surface area contributed by atoms with Crippen molar-refractivity contribution in [1.29, 1.82) is 0 Å². The zero-order chi connectivity index (χ0) is 23.6. The van der Waals surface area contributed by atoms with E-state index in [1.165, 1.54) is 6.07 Å². The largest absolute Gasteiger partial charge is 0.447 e. The van der Waals surface area contributed by atoms with Crippen molar-refractivity contribution in [2.75, 3.05) is 6.61 Å². The first kappa shape index (κ1) is 23.5. The van der Waals surface area contributed by atoms with Gasteiger partial charge in [0.25, 0.3) is 0 Å². The van der Waals surface area contributed by atoms with E-state index in [0.29, 0.717) is 24.5 Å². The molecule has 0 aromatic heterocycles. The van der Waals surface area contributed by atoms with Gasteiger partial charge in [-0.2, -0.15) is 13.2 Å². The highest BCUT2D eigenvalue weighted by Gasteiger charge is 2.47. The molecule has 2 aromatic carbocycles. The number of ether oxygens (including phenoxy) is 1. The summed E-state index contributed by atoms with van der Waals surface area (Å²) in [5, 5.41) is 2.56. The number of nitrogens with one attached hydrogen (secondary N) is 2. The second-order valence-corrected chi connectivity index (χ2v) is 8.22. The number of hydrogen-bond donors (Lipinski definition) is 2. The molecule has 0 spiro atoms. The SMILES string of the molecule is CC(C)(COC(=O)NC1(c2ccc(F)c(C(F)(F)F)c2)CC1)NOC(=O)c1ccccc1. The first-order chi connectivity index (χ1) is 14.9. The number of rotatable bonds is 7. The summed E-state index contributed by atoms with van der Waals surface area (Å²) in [4.78, 5) is 29.3. The Morgan fingerprint density at radius 1 is 1.06 bits per heavy atom. The van der Waals surface area contributed by atoms with Gasteiger partial charge in [0.1, 0.15) is 12.4 Å². The van der Waals surface area contributed by atoms with E-state index in [-0.39, 0.29) is 12.2 Å². The molecule has 0 unspecified atom stereocenters. The highest BCUT2D eigenvalue weighted by molar-refractivity contribution is 5.89. The molecule has 0 atom stereocenters. The van der Waals surface area contributed by atoms with Gasteiger partial charge < -0.3 is 14.9 Å². The molecule has 1 aliphatic rings. The van der Waals surface area contributed by atoms with Crippen molar-refractivity contribution in [2.24, 2.45) is 0 Å². The van der Waals surface area contributed by atoms with Crippen LogP contribution >= 0.6 is 0 Å². The summed E-state index contributed by atoms with van der Waals surface area (Å²) in [6.45, 7) is 3.05. The van der Waals surface area contributed by atoms with Gasteiger partial charge in [-0.3, -0.25) is 0 Å². The van der Waals surface area contributed by atoms with Crippen LogP contribution in [0.4, 0.5) is 22.4 Å². The minimum absolute atomic E-state index is 0.150. The van der Waals surface area contributed by atoms with Gasteiger partial charge in [-0.25, -0.2) is 14.0 Å². The van der Waals surface area contributed by atoms with Crippen molar-refractivity contribution in [3.63, 3.8) is 0 Å². The summed E-state index contributed by atoms with van der Waals surface area (Å²) in [5.74, 6) is -1.99. The van der Waals surface area contributed by atoms with Gasteiger partial charge in [-0.15, -0.1) is 5.48 Å². The van der Waals surface area contributed by atoms with Crippen LogP contribution in [-0.4, -0.2) is 24.2 Å². The molecule has 1 fully saturated rings. The topological polar surface area (TPSA) is 76.7 Å². The van der Waals surface area contributed by atoms with Crippen molar-refractivity contribution in [2.45, 2.75) is 43.9 Å². The van der Waals surface area contributed by atoms with Crippen LogP contribution in [0, 0.1) is 5.82 Å². The zero-order valence-electron chi connectivity index (χ0n) is 17.4. The fourth-order valence-corrected chi connectivity index (χ4v) is 2.98. The molecule has 10 heteroatoms. The number of hydroxylamine groups is 1. The minimum Gasteiger partial charge on any atom is -0.447 e. The predicted octanol–water partition coefficient (Wildman–Crippen LogP) is 4.70. The molecule has 3 rings (SSSR count). The molecule has 172 valence electrons. The summed E-state index contributed by atoms with van der Waals surface area (Å²) in [6, 6.07) is 10.9. The van der Waals surface area contributed by atoms with Gasteiger partial charge in [-0.05, 0) is 56.5 Å². The molecule has 1 saturated carbocycles. The second-order valence-electron chi connectivity index (χ2n) is 8.22. The standard InChI is InChI=1S/C22H22F4N2O4/c1-20(2,28-32-18(29)14-6-4-3-5-7-14)13-31-19(30)27-21(10-11-21)15-8-9-17(23)16(12-15)22(24,25)26/h3-9,12,28H,10-11,13H2,1-2H3,(H,27,30). The van der Waals surface area contributed by atoms with Crippen LogP contribution in [-0.2, 0) is 21.3 Å². The van der Waals surface area contributed by atoms with Gasteiger partial charge >= 0.3 is 18.2 Å². The Hall–Kier alpha value is -3.14. The molecule has 0 heterocycles. The highest BCUT2D eigenvalue weighted by atomic mass is 19.4. The number of carbonyl (C=O) groups is 2. The summed E-state index contributed by atoms with van der Waals surface area (Å²) in [7, 11) is 0. The molecular weight excluding hydrogens is 432 g/mol. The zero-order valence-corrected chi connectivity index (χ0v) is 17.4. The lowest BCUT2D eigenvalue weighted by Crippen LogP contribution is -2.46. The Morgan fingerprint density at radius 2 is 1.72 bits per heavy atom. The summed E-state index contributed by atoms with van der Waals surface area (Å²) < 4.78 is 57.7. The Bertz CT molecular complexity index is 989. The molecule has 0 radical (unpaired) electrons. The molecule has 1 aliphatic carbocycles. The number of alkyl halides is 3. The van der Waals surface area contributed by atoms with E-state index in [4.69, 9.17) is 9.57 Å². The van der Waals surface area contributed by atoms with Gasteiger partial charge in [0, 0.05) is 0 Å². The number of hydrogen-bond acceptors (Lipinski definition) is 5. The molecule has 0 aliphatic heterocycles. The molecule has 2 aromatic rings. The van der Waals surface area contributed by atoms with Crippen LogP contribution in [0.1, 0.15) is 48.2 Å². The molecule has 0 bridgehead atoms. The van der Waals surface area contributed by atoms with E-state index in [9.17, 15) is 27.2 Å². The smallest absolute Gasteiger partial charge is 0.419 e. The average Bonchev–Trinajstić information content (AvgIpc) is 3.51. The van der Waals surface area contributed by atoms with Crippen LogP contribution in [0.15, 0.2) is 48.5 Å². The normalized spacial score (nSPS) is 15.1. The number of carbonyl (C=O) groups excluding carboxylic acids is 2. The van der Waals surface area contributed by atoms with Gasteiger partial charge in [0.15, 0.2) is 0 Å². The molecule has 0 saturated heterocycles. The molecule has 1 amide bonds. The Morgan fingerprint density at radius 3 is 2.31 bits per heavy atom. The maximum absolute atomic E-state index is 13.6.